The fourth-order valence-corrected chi connectivity index (χ4v) is 2.47. The smallest absolute Gasteiger partial charge is 0.326 e. The van der Waals surface area contributed by atoms with E-state index in [0.29, 0.717) is 6.42 Å². The summed E-state index contributed by atoms with van der Waals surface area (Å²) >= 11 is 4.07. The summed E-state index contributed by atoms with van der Waals surface area (Å²) in [6.07, 6.45) is 0.563. The monoisotopic (exact) mass is 404 g/mol. The zero-order valence-electron chi connectivity index (χ0n) is 16.5. The summed E-state index contributed by atoms with van der Waals surface area (Å²) in [6, 6.07) is -3.78. The second-order valence-electron chi connectivity index (χ2n) is 6.97. The Bertz CT molecular complexity index is 541. The first-order valence-electron chi connectivity index (χ1n) is 8.96. The highest BCUT2D eigenvalue weighted by molar-refractivity contribution is 7.80. The SMILES string of the molecule is CCC(C)C(NC(=O)C(CS)NC(=O)C(NC(=O)C(C)N)C(C)C)C(=O)O. The van der Waals surface area contributed by atoms with Gasteiger partial charge in [-0.25, -0.2) is 4.79 Å². The quantitative estimate of drug-likeness (QED) is 0.256. The van der Waals surface area contributed by atoms with Crippen molar-refractivity contribution in [3.8, 4) is 0 Å². The number of nitrogens with one attached hydrogen (secondary N) is 3. The van der Waals surface area contributed by atoms with Gasteiger partial charge in [0.25, 0.3) is 0 Å². The number of carbonyl (C=O) groups is 4. The molecule has 0 aliphatic carbocycles. The van der Waals surface area contributed by atoms with E-state index in [2.05, 4.69) is 28.6 Å². The zero-order chi connectivity index (χ0) is 21.3. The minimum absolute atomic E-state index is 0.0313. The number of amides is 3. The molecule has 0 radical (unpaired) electrons. The van der Waals surface area contributed by atoms with Gasteiger partial charge in [0.2, 0.25) is 17.7 Å². The number of thiol groups is 1. The second kappa shape index (κ2) is 11.8. The van der Waals surface area contributed by atoms with E-state index in [-0.39, 0.29) is 17.6 Å². The molecule has 156 valence electrons. The molecule has 0 aromatic carbocycles. The van der Waals surface area contributed by atoms with E-state index in [1.54, 1.807) is 20.8 Å². The lowest BCUT2D eigenvalue weighted by Crippen LogP contribution is -2.59. The van der Waals surface area contributed by atoms with Crippen LogP contribution in [0.15, 0.2) is 0 Å². The number of carboxylic acid groups (broad SMARTS) is 1. The minimum Gasteiger partial charge on any atom is -0.480 e. The summed E-state index contributed by atoms with van der Waals surface area (Å²) in [5, 5.41) is 16.8. The molecule has 6 N–H and O–H groups in total. The normalized spacial score (nSPS) is 16.6. The third kappa shape index (κ3) is 8.17. The number of hydrogen-bond donors (Lipinski definition) is 6. The second-order valence-corrected chi connectivity index (χ2v) is 7.34. The van der Waals surface area contributed by atoms with Gasteiger partial charge >= 0.3 is 5.97 Å². The van der Waals surface area contributed by atoms with Crippen LogP contribution in [-0.4, -0.2) is 58.7 Å². The number of hydrogen-bond acceptors (Lipinski definition) is 6. The van der Waals surface area contributed by atoms with Crippen LogP contribution in [0.5, 0.6) is 0 Å². The average Bonchev–Trinajstić information content (AvgIpc) is 2.59. The van der Waals surface area contributed by atoms with Gasteiger partial charge in [0.1, 0.15) is 18.1 Å². The van der Waals surface area contributed by atoms with Crippen molar-refractivity contribution in [1.29, 1.82) is 0 Å². The maximum atomic E-state index is 12.5. The lowest BCUT2D eigenvalue weighted by Gasteiger charge is -2.27. The fraction of sp³-hybridized carbons (Fsp3) is 0.765. The molecule has 0 spiro atoms. The standard InChI is InChI=1S/C17H32N4O5S/c1-6-9(4)13(17(25)26)21-15(23)11(7-27)19-16(24)12(8(2)3)20-14(22)10(5)18/h8-13,27H,6-7,18H2,1-5H3,(H,19,24)(H,20,22)(H,21,23)(H,25,26). The zero-order valence-corrected chi connectivity index (χ0v) is 17.4. The molecule has 0 saturated heterocycles. The first-order chi connectivity index (χ1) is 12.5. The van der Waals surface area contributed by atoms with Crippen molar-refractivity contribution in [1.82, 2.24) is 16.0 Å². The highest BCUT2D eigenvalue weighted by atomic mass is 32.1. The van der Waals surface area contributed by atoms with Crippen LogP contribution < -0.4 is 21.7 Å². The van der Waals surface area contributed by atoms with Gasteiger partial charge in [0, 0.05) is 5.75 Å². The van der Waals surface area contributed by atoms with Gasteiger partial charge in [0.05, 0.1) is 6.04 Å². The van der Waals surface area contributed by atoms with Crippen LogP contribution in [0.2, 0.25) is 0 Å². The Kier molecular flexibility index (Phi) is 11.0. The van der Waals surface area contributed by atoms with Crippen LogP contribution in [0.1, 0.15) is 41.0 Å². The van der Waals surface area contributed by atoms with E-state index in [1.807, 2.05) is 6.92 Å². The molecular formula is C17H32N4O5S. The minimum atomic E-state index is -1.15. The molecule has 0 heterocycles. The summed E-state index contributed by atoms with van der Waals surface area (Å²) < 4.78 is 0. The molecule has 27 heavy (non-hydrogen) atoms. The topological polar surface area (TPSA) is 151 Å². The highest BCUT2D eigenvalue weighted by Crippen LogP contribution is 2.09. The van der Waals surface area contributed by atoms with Crippen molar-refractivity contribution in [2.75, 3.05) is 5.75 Å². The first kappa shape index (κ1) is 25.2. The van der Waals surface area contributed by atoms with Crippen molar-refractivity contribution in [2.45, 2.75) is 65.2 Å². The van der Waals surface area contributed by atoms with Gasteiger partial charge in [0.15, 0.2) is 0 Å². The van der Waals surface area contributed by atoms with Gasteiger partial charge in [-0.1, -0.05) is 34.1 Å². The fourth-order valence-electron chi connectivity index (χ4n) is 2.21. The Morgan fingerprint density at radius 3 is 1.81 bits per heavy atom. The Balaban J connectivity index is 5.15. The van der Waals surface area contributed by atoms with Crippen molar-refractivity contribution in [2.24, 2.45) is 17.6 Å². The first-order valence-corrected chi connectivity index (χ1v) is 9.59. The van der Waals surface area contributed by atoms with Crippen molar-refractivity contribution in [3.05, 3.63) is 0 Å². The lowest BCUT2D eigenvalue weighted by atomic mass is 9.99. The summed E-state index contributed by atoms with van der Waals surface area (Å²) in [5.41, 5.74) is 5.51. The predicted molar refractivity (Wildman–Crippen MR) is 105 cm³/mol. The number of rotatable bonds is 11. The molecular weight excluding hydrogens is 372 g/mol. The summed E-state index contributed by atoms with van der Waals surface area (Å²) in [5.74, 6) is -3.41. The van der Waals surface area contributed by atoms with Crippen molar-refractivity contribution < 1.29 is 24.3 Å². The van der Waals surface area contributed by atoms with E-state index in [1.165, 1.54) is 6.92 Å². The Morgan fingerprint density at radius 1 is 0.926 bits per heavy atom. The molecule has 10 heteroatoms. The van der Waals surface area contributed by atoms with E-state index in [9.17, 15) is 24.3 Å². The van der Waals surface area contributed by atoms with E-state index in [0.717, 1.165) is 0 Å². The highest BCUT2D eigenvalue weighted by Gasteiger charge is 2.31. The Hall–Kier alpha value is -1.81. The van der Waals surface area contributed by atoms with Gasteiger partial charge in [-0.15, -0.1) is 0 Å². The molecule has 0 bridgehead atoms. The van der Waals surface area contributed by atoms with Crippen LogP contribution in [0.3, 0.4) is 0 Å². The van der Waals surface area contributed by atoms with E-state index in [4.69, 9.17) is 5.73 Å². The number of nitrogens with two attached hydrogens (primary N) is 1. The van der Waals surface area contributed by atoms with Crippen LogP contribution in [-0.2, 0) is 19.2 Å². The van der Waals surface area contributed by atoms with Gasteiger partial charge in [-0.2, -0.15) is 12.6 Å². The Labute approximate surface area is 165 Å². The molecule has 5 unspecified atom stereocenters. The van der Waals surface area contributed by atoms with Crippen molar-refractivity contribution >= 4 is 36.3 Å². The predicted octanol–water partition coefficient (Wildman–Crippen LogP) is -0.495. The maximum Gasteiger partial charge on any atom is 0.326 e. The molecule has 0 rings (SSSR count). The van der Waals surface area contributed by atoms with Crippen LogP contribution >= 0.6 is 12.6 Å². The van der Waals surface area contributed by atoms with Crippen molar-refractivity contribution in [3.63, 3.8) is 0 Å². The molecule has 0 aliphatic rings. The third-order valence-corrected chi connectivity index (χ3v) is 4.62. The molecule has 5 atom stereocenters. The van der Waals surface area contributed by atoms with E-state index < -0.39 is 47.9 Å². The molecule has 0 aliphatic heterocycles. The summed E-state index contributed by atoms with van der Waals surface area (Å²) in [4.78, 5) is 48.1. The van der Waals surface area contributed by atoms with Crippen LogP contribution in [0.4, 0.5) is 0 Å². The Morgan fingerprint density at radius 2 is 1.44 bits per heavy atom. The molecule has 9 nitrogen and oxygen atoms in total. The summed E-state index contributed by atoms with van der Waals surface area (Å²) in [6.45, 7) is 8.51. The lowest BCUT2D eigenvalue weighted by molar-refractivity contribution is -0.143. The number of carbonyl (C=O) groups excluding carboxylic acids is 3. The summed E-state index contributed by atoms with van der Waals surface area (Å²) in [7, 11) is 0. The van der Waals surface area contributed by atoms with Crippen LogP contribution in [0.25, 0.3) is 0 Å². The molecule has 0 saturated carbocycles. The van der Waals surface area contributed by atoms with Gasteiger partial charge < -0.3 is 26.8 Å². The maximum absolute atomic E-state index is 12.5. The van der Waals surface area contributed by atoms with Crippen LogP contribution in [0, 0.1) is 11.8 Å². The largest absolute Gasteiger partial charge is 0.480 e. The molecule has 0 aromatic heterocycles. The molecule has 0 aromatic rings. The average molecular weight is 405 g/mol. The van der Waals surface area contributed by atoms with Gasteiger partial charge in [-0.3, -0.25) is 14.4 Å². The third-order valence-electron chi connectivity index (χ3n) is 4.25. The molecule has 0 fully saturated rings. The molecule has 3 amide bonds. The van der Waals surface area contributed by atoms with Gasteiger partial charge in [-0.05, 0) is 18.8 Å². The number of aliphatic carboxylic acids is 1. The number of carboxylic acids is 1. The van der Waals surface area contributed by atoms with E-state index >= 15 is 0 Å².